The Morgan fingerprint density at radius 3 is 2.88 bits per heavy atom. The Labute approximate surface area is 98.8 Å². The first-order valence-electron chi connectivity index (χ1n) is 6.53. The van der Waals surface area contributed by atoms with E-state index in [4.69, 9.17) is 5.11 Å². The fraction of sp³-hybridized carbons (Fsp3) is 0.923. The molecule has 0 aromatic rings. The van der Waals surface area contributed by atoms with Crippen LogP contribution in [0.4, 0.5) is 0 Å². The van der Waals surface area contributed by atoms with Crippen LogP contribution in [0.1, 0.15) is 51.9 Å². The lowest BCUT2D eigenvalue weighted by Gasteiger charge is -2.26. The minimum absolute atomic E-state index is 0.200. The molecule has 0 bridgehead atoms. The number of nitrogens with zero attached hydrogens (tertiary/aromatic N) is 1. The van der Waals surface area contributed by atoms with Crippen molar-refractivity contribution in [1.82, 2.24) is 5.32 Å². The summed E-state index contributed by atoms with van der Waals surface area (Å²) < 4.78 is 0. The minimum Gasteiger partial charge on any atom is -0.396 e. The molecule has 3 heteroatoms. The molecule has 0 saturated heterocycles. The Balaban J connectivity index is 2.48. The Morgan fingerprint density at radius 2 is 2.25 bits per heavy atom. The van der Waals surface area contributed by atoms with Crippen LogP contribution in [0.15, 0.2) is 0 Å². The van der Waals surface area contributed by atoms with Gasteiger partial charge in [-0.15, -0.1) is 0 Å². The Morgan fingerprint density at radius 1 is 1.44 bits per heavy atom. The topological polar surface area (TPSA) is 56.0 Å². The largest absolute Gasteiger partial charge is 0.396 e. The maximum Gasteiger partial charge on any atom is 0.106 e. The molecule has 0 aromatic heterocycles. The van der Waals surface area contributed by atoms with E-state index in [-0.39, 0.29) is 12.1 Å². The standard InChI is InChI=1S/C13H24N2O/c1-2-12-5-3-7-13(11-14,8-6-12)15-9-4-10-16/h12,15-16H,2-10H2,1H3. The summed E-state index contributed by atoms with van der Waals surface area (Å²) in [5.74, 6) is 0.801. The van der Waals surface area contributed by atoms with E-state index in [1.807, 2.05) is 0 Å². The van der Waals surface area contributed by atoms with Crippen molar-refractivity contribution in [2.75, 3.05) is 13.2 Å². The second kappa shape index (κ2) is 6.88. The molecule has 2 N–H and O–H groups in total. The smallest absolute Gasteiger partial charge is 0.106 e. The maximum absolute atomic E-state index is 9.35. The van der Waals surface area contributed by atoms with E-state index < -0.39 is 0 Å². The molecule has 2 unspecified atom stereocenters. The van der Waals surface area contributed by atoms with Crippen molar-refractivity contribution in [1.29, 1.82) is 5.26 Å². The lowest BCUT2D eigenvalue weighted by atomic mass is 9.90. The zero-order chi connectivity index (χ0) is 11.9. The predicted octanol–water partition coefficient (Wildman–Crippen LogP) is 2.21. The SMILES string of the molecule is CCC1CCCC(C#N)(NCCCO)CC1. The molecule has 16 heavy (non-hydrogen) atoms. The molecule has 0 aromatic carbocycles. The molecule has 1 saturated carbocycles. The lowest BCUT2D eigenvalue weighted by Crippen LogP contribution is -2.44. The molecule has 3 nitrogen and oxygen atoms in total. The highest BCUT2D eigenvalue weighted by Crippen LogP contribution is 2.31. The quantitative estimate of drug-likeness (QED) is 0.556. The van der Waals surface area contributed by atoms with Crippen molar-refractivity contribution in [3.05, 3.63) is 0 Å². The molecule has 1 aliphatic rings. The highest BCUT2D eigenvalue weighted by molar-refractivity contribution is 5.08. The van der Waals surface area contributed by atoms with Gasteiger partial charge in [-0.1, -0.05) is 26.2 Å². The minimum atomic E-state index is -0.320. The zero-order valence-electron chi connectivity index (χ0n) is 10.3. The molecule has 0 spiro atoms. The second-order valence-electron chi connectivity index (χ2n) is 4.90. The van der Waals surface area contributed by atoms with Gasteiger partial charge in [0.05, 0.1) is 6.07 Å². The van der Waals surface area contributed by atoms with Crippen LogP contribution in [0.3, 0.4) is 0 Å². The summed E-state index contributed by atoms with van der Waals surface area (Å²) in [6, 6.07) is 2.47. The number of aliphatic hydroxyl groups is 1. The number of nitrogens with one attached hydrogen (secondary N) is 1. The number of rotatable bonds is 5. The fourth-order valence-corrected chi connectivity index (χ4v) is 2.56. The van der Waals surface area contributed by atoms with E-state index in [1.54, 1.807) is 0 Å². The van der Waals surface area contributed by atoms with Gasteiger partial charge in [-0.25, -0.2) is 0 Å². The second-order valence-corrected chi connectivity index (χ2v) is 4.90. The molecule has 1 rings (SSSR count). The Hall–Kier alpha value is -0.590. The molecule has 0 aliphatic heterocycles. The molecule has 0 heterocycles. The van der Waals surface area contributed by atoms with E-state index in [9.17, 15) is 5.26 Å². The van der Waals surface area contributed by atoms with Crippen LogP contribution in [-0.4, -0.2) is 23.8 Å². The van der Waals surface area contributed by atoms with E-state index in [0.717, 1.165) is 44.6 Å². The van der Waals surface area contributed by atoms with Crippen LogP contribution < -0.4 is 5.32 Å². The highest BCUT2D eigenvalue weighted by Gasteiger charge is 2.32. The first kappa shape index (κ1) is 13.5. The summed E-state index contributed by atoms with van der Waals surface area (Å²) in [6.07, 6.45) is 7.48. The van der Waals surface area contributed by atoms with Gasteiger partial charge in [-0.05, 0) is 38.1 Å². The summed E-state index contributed by atoms with van der Waals surface area (Å²) in [7, 11) is 0. The predicted molar refractivity (Wildman–Crippen MR) is 64.9 cm³/mol. The summed E-state index contributed by atoms with van der Waals surface area (Å²) >= 11 is 0. The third kappa shape index (κ3) is 3.77. The molecular weight excluding hydrogens is 200 g/mol. The maximum atomic E-state index is 9.35. The van der Waals surface area contributed by atoms with Crippen LogP contribution >= 0.6 is 0 Å². The first-order valence-corrected chi connectivity index (χ1v) is 6.53. The summed E-state index contributed by atoms with van der Waals surface area (Å²) in [5, 5.41) is 21.5. The molecule has 0 amide bonds. The van der Waals surface area contributed by atoms with Gasteiger partial charge in [0.25, 0.3) is 0 Å². The van der Waals surface area contributed by atoms with Crippen molar-refractivity contribution < 1.29 is 5.11 Å². The van der Waals surface area contributed by atoms with Gasteiger partial charge in [0.15, 0.2) is 0 Å². The molecule has 2 atom stereocenters. The van der Waals surface area contributed by atoms with E-state index in [0.29, 0.717) is 0 Å². The zero-order valence-corrected chi connectivity index (χ0v) is 10.3. The van der Waals surface area contributed by atoms with Crippen LogP contribution in [-0.2, 0) is 0 Å². The first-order chi connectivity index (χ1) is 7.76. The van der Waals surface area contributed by atoms with Crippen molar-refractivity contribution in [3.63, 3.8) is 0 Å². The monoisotopic (exact) mass is 224 g/mol. The molecule has 92 valence electrons. The van der Waals surface area contributed by atoms with Gasteiger partial charge in [-0.3, -0.25) is 5.32 Å². The molecular formula is C13H24N2O. The fourth-order valence-electron chi connectivity index (χ4n) is 2.56. The number of hydrogen-bond acceptors (Lipinski definition) is 3. The van der Waals surface area contributed by atoms with Gasteiger partial charge in [0.2, 0.25) is 0 Å². The normalized spacial score (nSPS) is 30.7. The van der Waals surface area contributed by atoms with Crippen molar-refractivity contribution in [3.8, 4) is 6.07 Å². The summed E-state index contributed by atoms with van der Waals surface area (Å²) in [6.45, 7) is 3.19. The molecule has 1 fully saturated rings. The molecule has 1 aliphatic carbocycles. The third-order valence-electron chi connectivity index (χ3n) is 3.78. The Bertz CT molecular complexity index is 237. The number of nitriles is 1. The van der Waals surface area contributed by atoms with Crippen LogP contribution in [0.25, 0.3) is 0 Å². The summed E-state index contributed by atoms with van der Waals surface area (Å²) in [4.78, 5) is 0. The van der Waals surface area contributed by atoms with Gasteiger partial charge in [0, 0.05) is 6.61 Å². The molecule has 0 radical (unpaired) electrons. The van der Waals surface area contributed by atoms with E-state index in [2.05, 4.69) is 18.3 Å². The lowest BCUT2D eigenvalue weighted by molar-refractivity contribution is 0.272. The average Bonchev–Trinajstić information content (AvgIpc) is 2.52. The third-order valence-corrected chi connectivity index (χ3v) is 3.78. The number of hydrogen-bond donors (Lipinski definition) is 2. The van der Waals surface area contributed by atoms with Crippen LogP contribution in [0, 0.1) is 17.2 Å². The van der Waals surface area contributed by atoms with Crippen molar-refractivity contribution in [2.45, 2.75) is 57.4 Å². The van der Waals surface area contributed by atoms with Crippen LogP contribution in [0.2, 0.25) is 0 Å². The van der Waals surface area contributed by atoms with E-state index >= 15 is 0 Å². The average molecular weight is 224 g/mol. The summed E-state index contributed by atoms with van der Waals surface area (Å²) in [5.41, 5.74) is -0.320. The van der Waals surface area contributed by atoms with Gasteiger partial charge in [0.1, 0.15) is 5.54 Å². The van der Waals surface area contributed by atoms with Crippen molar-refractivity contribution in [2.24, 2.45) is 5.92 Å². The van der Waals surface area contributed by atoms with E-state index in [1.165, 1.54) is 12.8 Å². The van der Waals surface area contributed by atoms with Crippen molar-refractivity contribution >= 4 is 0 Å². The van der Waals surface area contributed by atoms with Gasteiger partial charge in [-0.2, -0.15) is 5.26 Å². The number of aliphatic hydroxyl groups excluding tert-OH is 1. The highest BCUT2D eigenvalue weighted by atomic mass is 16.3. The van der Waals surface area contributed by atoms with Crippen LogP contribution in [0.5, 0.6) is 0 Å². The van der Waals surface area contributed by atoms with Gasteiger partial charge >= 0.3 is 0 Å². The Kier molecular flexibility index (Phi) is 5.79. The van der Waals surface area contributed by atoms with Gasteiger partial charge < -0.3 is 5.11 Å².